The standard InChI is InChI=1S/C24H27N3O5/c1-17(2)15-31-24(29)27(13-14-28)18(3)19-9-11-21(12-10-19)30-16-22-25-23(32-26-22)20-7-5-4-6-8-20/h4-12,14,17-18H,13,15-16H2,1-3H3/t18-/m0/s1. The summed E-state index contributed by atoms with van der Waals surface area (Å²) in [6.07, 6.45) is 0.184. The number of rotatable bonds is 10. The van der Waals surface area contributed by atoms with Gasteiger partial charge in [0.1, 0.15) is 12.0 Å². The third-order valence-corrected chi connectivity index (χ3v) is 4.73. The Labute approximate surface area is 187 Å². The predicted octanol–water partition coefficient (Wildman–Crippen LogP) is 4.67. The van der Waals surface area contributed by atoms with Gasteiger partial charge in [-0.2, -0.15) is 4.98 Å². The fourth-order valence-corrected chi connectivity index (χ4v) is 2.97. The number of benzene rings is 2. The van der Waals surface area contributed by atoms with Gasteiger partial charge in [0.15, 0.2) is 6.61 Å². The van der Waals surface area contributed by atoms with E-state index < -0.39 is 6.09 Å². The lowest BCUT2D eigenvalue weighted by molar-refractivity contribution is -0.109. The molecular weight excluding hydrogens is 410 g/mol. The predicted molar refractivity (Wildman–Crippen MR) is 118 cm³/mol. The molecule has 0 unspecified atom stereocenters. The summed E-state index contributed by atoms with van der Waals surface area (Å²) in [5.41, 5.74) is 1.70. The van der Waals surface area contributed by atoms with Gasteiger partial charge in [0.2, 0.25) is 5.82 Å². The molecule has 3 aromatic rings. The van der Waals surface area contributed by atoms with Crippen LogP contribution < -0.4 is 4.74 Å². The van der Waals surface area contributed by atoms with Crippen molar-refractivity contribution in [3.05, 3.63) is 66.0 Å². The smallest absolute Gasteiger partial charge is 0.410 e. The number of nitrogens with zero attached hydrogens (tertiary/aromatic N) is 3. The first-order valence-corrected chi connectivity index (χ1v) is 10.5. The van der Waals surface area contributed by atoms with Gasteiger partial charge in [-0.1, -0.05) is 49.3 Å². The molecule has 0 aliphatic heterocycles. The SMILES string of the molecule is CC(C)COC(=O)N(CC=O)[C@@H](C)c1ccc(OCc2noc(-c3ccccc3)n2)cc1. The Hall–Kier alpha value is -3.68. The first kappa shape index (κ1) is 23.0. The van der Waals surface area contributed by atoms with Gasteiger partial charge in [0, 0.05) is 5.56 Å². The van der Waals surface area contributed by atoms with Crippen molar-refractivity contribution in [1.82, 2.24) is 15.0 Å². The van der Waals surface area contributed by atoms with E-state index in [-0.39, 0.29) is 25.1 Å². The van der Waals surface area contributed by atoms with Gasteiger partial charge in [-0.05, 0) is 42.7 Å². The molecule has 0 N–H and O–H groups in total. The maximum absolute atomic E-state index is 12.4. The summed E-state index contributed by atoms with van der Waals surface area (Å²) in [7, 11) is 0. The van der Waals surface area contributed by atoms with E-state index in [4.69, 9.17) is 14.0 Å². The summed E-state index contributed by atoms with van der Waals surface area (Å²) in [4.78, 5) is 29.2. The zero-order chi connectivity index (χ0) is 22.9. The van der Waals surface area contributed by atoms with Gasteiger partial charge in [0.25, 0.3) is 5.89 Å². The topological polar surface area (TPSA) is 94.8 Å². The van der Waals surface area contributed by atoms with E-state index >= 15 is 0 Å². The molecule has 1 atom stereocenters. The van der Waals surface area contributed by atoms with Crippen molar-refractivity contribution in [2.24, 2.45) is 5.92 Å². The van der Waals surface area contributed by atoms with Gasteiger partial charge in [-0.15, -0.1) is 0 Å². The van der Waals surface area contributed by atoms with E-state index in [1.54, 1.807) is 12.1 Å². The fraction of sp³-hybridized carbons (Fsp3) is 0.333. The number of aldehydes is 1. The molecule has 1 amide bonds. The number of carbonyl (C=O) groups excluding carboxylic acids is 2. The largest absolute Gasteiger partial charge is 0.485 e. The Balaban J connectivity index is 1.59. The summed E-state index contributed by atoms with van der Waals surface area (Å²) in [5.74, 6) is 1.71. The van der Waals surface area contributed by atoms with E-state index in [1.165, 1.54) is 4.90 Å². The van der Waals surface area contributed by atoms with Crippen molar-refractivity contribution >= 4 is 12.4 Å². The Kier molecular flexibility index (Phi) is 7.96. The summed E-state index contributed by atoms with van der Waals surface area (Å²) in [6, 6.07) is 16.5. The van der Waals surface area contributed by atoms with Gasteiger partial charge < -0.3 is 18.8 Å². The van der Waals surface area contributed by atoms with Gasteiger partial charge in [0.05, 0.1) is 19.2 Å². The average molecular weight is 437 g/mol. The zero-order valence-corrected chi connectivity index (χ0v) is 18.4. The van der Waals surface area contributed by atoms with Crippen LogP contribution in [-0.2, 0) is 16.1 Å². The average Bonchev–Trinajstić information content (AvgIpc) is 3.29. The van der Waals surface area contributed by atoms with E-state index in [0.29, 0.717) is 30.4 Å². The lowest BCUT2D eigenvalue weighted by Gasteiger charge is -2.27. The minimum absolute atomic E-state index is 0.0437. The molecule has 0 saturated carbocycles. The molecule has 8 heteroatoms. The van der Waals surface area contributed by atoms with Crippen molar-refractivity contribution in [2.45, 2.75) is 33.4 Å². The third kappa shape index (κ3) is 6.16. The highest BCUT2D eigenvalue weighted by molar-refractivity contribution is 5.72. The van der Waals surface area contributed by atoms with Crippen LogP contribution in [0.4, 0.5) is 4.79 Å². The molecule has 168 valence electrons. The highest BCUT2D eigenvalue weighted by atomic mass is 16.6. The quantitative estimate of drug-likeness (QED) is 0.425. The highest BCUT2D eigenvalue weighted by Gasteiger charge is 2.23. The second-order valence-corrected chi connectivity index (χ2v) is 7.71. The van der Waals surface area contributed by atoms with E-state index in [0.717, 1.165) is 11.1 Å². The van der Waals surface area contributed by atoms with Crippen LogP contribution in [0.3, 0.4) is 0 Å². The number of hydrogen-bond donors (Lipinski definition) is 0. The molecule has 3 rings (SSSR count). The molecule has 0 bridgehead atoms. The van der Waals surface area contributed by atoms with Gasteiger partial charge in [-0.3, -0.25) is 4.90 Å². The Morgan fingerprint density at radius 2 is 1.81 bits per heavy atom. The minimum atomic E-state index is -0.509. The van der Waals surface area contributed by atoms with Gasteiger partial charge >= 0.3 is 6.09 Å². The number of amides is 1. The van der Waals surface area contributed by atoms with Crippen LogP contribution in [0.2, 0.25) is 0 Å². The third-order valence-electron chi connectivity index (χ3n) is 4.73. The Bertz CT molecular complexity index is 1000. The Morgan fingerprint density at radius 1 is 1.09 bits per heavy atom. The number of aromatic nitrogens is 2. The number of carbonyl (C=O) groups is 2. The van der Waals surface area contributed by atoms with Crippen LogP contribution in [0.5, 0.6) is 5.75 Å². The molecule has 0 fully saturated rings. The Morgan fingerprint density at radius 3 is 2.47 bits per heavy atom. The second-order valence-electron chi connectivity index (χ2n) is 7.71. The summed E-state index contributed by atoms with van der Waals surface area (Å²) in [5, 5.41) is 3.94. The van der Waals surface area contributed by atoms with Crippen molar-refractivity contribution in [2.75, 3.05) is 13.2 Å². The molecule has 0 aliphatic carbocycles. The van der Waals surface area contributed by atoms with Crippen molar-refractivity contribution < 1.29 is 23.6 Å². The van der Waals surface area contributed by atoms with Crippen molar-refractivity contribution in [3.63, 3.8) is 0 Å². The maximum atomic E-state index is 12.4. The molecule has 0 saturated heterocycles. The van der Waals surface area contributed by atoms with Crippen LogP contribution in [-0.4, -0.2) is 40.6 Å². The summed E-state index contributed by atoms with van der Waals surface area (Å²) < 4.78 is 16.3. The molecule has 0 radical (unpaired) electrons. The molecular formula is C24H27N3O5. The summed E-state index contributed by atoms with van der Waals surface area (Å²) in [6.45, 7) is 6.17. The van der Waals surface area contributed by atoms with Crippen LogP contribution >= 0.6 is 0 Å². The lowest BCUT2D eigenvalue weighted by Crippen LogP contribution is -2.36. The molecule has 8 nitrogen and oxygen atoms in total. The highest BCUT2D eigenvalue weighted by Crippen LogP contribution is 2.24. The lowest BCUT2D eigenvalue weighted by atomic mass is 10.1. The molecule has 1 heterocycles. The first-order valence-electron chi connectivity index (χ1n) is 10.5. The van der Waals surface area contributed by atoms with Crippen LogP contribution in [0, 0.1) is 5.92 Å². The minimum Gasteiger partial charge on any atom is -0.485 e. The van der Waals surface area contributed by atoms with Crippen molar-refractivity contribution in [3.8, 4) is 17.2 Å². The van der Waals surface area contributed by atoms with Crippen LogP contribution in [0.25, 0.3) is 11.5 Å². The zero-order valence-electron chi connectivity index (χ0n) is 18.4. The molecule has 0 aliphatic rings. The first-order chi connectivity index (χ1) is 15.5. The van der Waals surface area contributed by atoms with Gasteiger partial charge in [-0.25, -0.2) is 4.79 Å². The molecule has 2 aromatic carbocycles. The van der Waals surface area contributed by atoms with E-state index in [1.807, 2.05) is 63.2 Å². The molecule has 32 heavy (non-hydrogen) atoms. The summed E-state index contributed by atoms with van der Waals surface area (Å²) >= 11 is 0. The van der Waals surface area contributed by atoms with E-state index in [9.17, 15) is 9.59 Å². The maximum Gasteiger partial charge on any atom is 0.410 e. The van der Waals surface area contributed by atoms with Crippen LogP contribution in [0.1, 0.15) is 38.2 Å². The molecule has 1 aromatic heterocycles. The monoisotopic (exact) mass is 437 g/mol. The second kappa shape index (κ2) is 11.1. The molecule has 0 spiro atoms. The normalized spacial score (nSPS) is 11.8. The number of hydrogen-bond acceptors (Lipinski definition) is 7. The van der Waals surface area contributed by atoms with Crippen LogP contribution in [0.15, 0.2) is 59.1 Å². The van der Waals surface area contributed by atoms with E-state index in [2.05, 4.69) is 10.1 Å². The van der Waals surface area contributed by atoms with Crippen molar-refractivity contribution in [1.29, 1.82) is 0 Å². The fourth-order valence-electron chi connectivity index (χ4n) is 2.97. The number of ether oxygens (including phenoxy) is 2.